The van der Waals surface area contributed by atoms with E-state index in [4.69, 9.17) is 9.47 Å². The molecule has 9 heteroatoms. The maximum atomic E-state index is 13.8. The van der Waals surface area contributed by atoms with Crippen LogP contribution in [0.3, 0.4) is 0 Å². The highest BCUT2D eigenvalue weighted by atomic mass is 16.5. The minimum Gasteiger partial charge on any atom is -0.493 e. The van der Waals surface area contributed by atoms with Crippen molar-refractivity contribution in [1.82, 2.24) is 20.4 Å². The Bertz CT molecular complexity index is 965. The van der Waals surface area contributed by atoms with Gasteiger partial charge in [0.15, 0.2) is 0 Å². The molecule has 2 bridgehead atoms. The predicted molar refractivity (Wildman–Crippen MR) is 134 cm³/mol. The van der Waals surface area contributed by atoms with Crippen LogP contribution < -0.4 is 15.4 Å². The Hall–Kier alpha value is -2.65. The van der Waals surface area contributed by atoms with Gasteiger partial charge in [-0.2, -0.15) is 0 Å². The third-order valence-electron chi connectivity index (χ3n) is 8.11. The molecule has 3 amide bonds. The van der Waals surface area contributed by atoms with Crippen LogP contribution in [0.5, 0.6) is 5.75 Å². The van der Waals surface area contributed by atoms with Crippen LogP contribution in [0.1, 0.15) is 62.2 Å². The number of hydrogen-bond acceptors (Lipinski definition) is 6. The summed E-state index contributed by atoms with van der Waals surface area (Å²) in [6, 6.07) is 7.03. The number of fused-ring (bicyclic) bond motifs is 4. The van der Waals surface area contributed by atoms with E-state index in [1.165, 1.54) is 19.8 Å². The Kier molecular flexibility index (Phi) is 7.76. The molecule has 0 radical (unpaired) electrons. The van der Waals surface area contributed by atoms with E-state index < -0.39 is 6.04 Å². The van der Waals surface area contributed by atoms with E-state index >= 15 is 0 Å². The number of carbonyl (C=O) groups excluding carboxylic acids is 3. The van der Waals surface area contributed by atoms with Crippen molar-refractivity contribution in [1.29, 1.82) is 0 Å². The van der Waals surface area contributed by atoms with Crippen LogP contribution in [0.25, 0.3) is 0 Å². The predicted octanol–water partition coefficient (Wildman–Crippen LogP) is 1.71. The van der Waals surface area contributed by atoms with Gasteiger partial charge < -0.3 is 25.0 Å². The smallest absolute Gasteiger partial charge is 0.258 e. The summed E-state index contributed by atoms with van der Waals surface area (Å²) in [4.78, 5) is 43.3. The first-order chi connectivity index (χ1) is 17.5. The van der Waals surface area contributed by atoms with E-state index in [-0.39, 0.29) is 36.0 Å². The Morgan fingerprint density at radius 2 is 1.86 bits per heavy atom. The zero-order valence-electron chi connectivity index (χ0n) is 21.1. The molecule has 5 rings (SSSR count). The molecule has 0 aromatic heterocycles. The highest BCUT2D eigenvalue weighted by molar-refractivity contribution is 6.00. The van der Waals surface area contributed by atoms with Crippen molar-refractivity contribution < 1.29 is 23.9 Å². The van der Waals surface area contributed by atoms with Gasteiger partial charge >= 0.3 is 0 Å². The van der Waals surface area contributed by atoms with Crippen LogP contribution in [0.2, 0.25) is 0 Å². The average molecular weight is 499 g/mol. The van der Waals surface area contributed by atoms with E-state index in [9.17, 15) is 14.4 Å². The van der Waals surface area contributed by atoms with Crippen molar-refractivity contribution in [3.05, 3.63) is 29.8 Å². The molecular weight excluding hydrogens is 460 g/mol. The third kappa shape index (κ3) is 5.52. The molecule has 1 saturated carbocycles. The number of rotatable bonds is 2. The van der Waals surface area contributed by atoms with Gasteiger partial charge in [0, 0.05) is 45.6 Å². The van der Waals surface area contributed by atoms with Gasteiger partial charge in [-0.15, -0.1) is 0 Å². The number of ether oxygens (including phenoxy) is 2. The standard InChI is InChI=1S/C27H38N4O5/c1-18(32)29-22-11-10-20-12-15-35-24-9-5-4-8-21(24)27(34)31-14-13-30(19-6-2-3-7-19)17-23(31)26(33)28-16-25(22)36-20/h4-5,8-9,19-20,22-23,25H,2-3,6-7,10-17H2,1H3,(H,28,33)(H,29,32)/t20-,22+,23-,25+/m0/s1. The van der Waals surface area contributed by atoms with E-state index in [2.05, 4.69) is 15.5 Å². The van der Waals surface area contributed by atoms with Crippen molar-refractivity contribution in [2.75, 3.05) is 32.8 Å². The quantitative estimate of drug-likeness (QED) is 0.644. The maximum Gasteiger partial charge on any atom is 0.258 e. The van der Waals surface area contributed by atoms with Crippen LogP contribution in [-0.2, 0) is 14.3 Å². The summed E-state index contributed by atoms with van der Waals surface area (Å²) < 4.78 is 12.4. The van der Waals surface area contributed by atoms with Gasteiger partial charge in [-0.1, -0.05) is 25.0 Å². The second-order valence-electron chi connectivity index (χ2n) is 10.5. The molecule has 1 aromatic rings. The number of nitrogens with zero attached hydrogens (tertiary/aromatic N) is 2. The number of para-hydroxylation sites is 1. The first-order valence-corrected chi connectivity index (χ1v) is 13.5. The molecule has 196 valence electrons. The lowest BCUT2D eigenvalue weighted by atomic mass is 9.96. The monoisotopic (exact) mass is 498 g/mol. The molecule has 1 aromatic carbocycles. The molecule has 3 fully saturated rings. The number of benzene rings is 1. The zero-order valence-corrected chi connectivity index (χ0v) is 21.1. The molecule has 36 heavy (non-hydrogen) atoms. The van der Waals surface area contributed by atoms with E-state index in [0.717, 1.165) is 32.2 Å². The van der Waals surface area contributed by atoms with Crippen molar-refractivity contribution >= 4 is 17.7 Å². The Balaban J connectivity index is 1.42. The summed E-state index contributed by atoms with van der Waals surface area (Å²) in [7, 11) is 0. The fourth-order valence-corrected chi connectivity index (χ4v) is 6.21. The molecule has 2 saturated heterocycles. The topological polar surface area (TPSA) is 100 Å². The zero-order chi connectivity index (χ0) is 25.1. The average Bonchev–Trinajstić information content (AvgIpc) is 3.42. The van der Waals surface area contributed by atoms with Gasteiger partial charge in [-0.25, -0.2) is 0 Å². The van der Waals surface area contributed by atoms with Gasteiger partial charge in [-0.05, 0) is 37.8 Å². The van der Waals surface area contributed by atoms with Crippen molar-refractivity contribution in [2.45, 2.75) is 82.2 Å². The number of amides is 3. The lowest BCUT2D eigenvalue weighted by molar-refractivity contribution is -0.131. The summed E-state index contributed by atoms with van der Waals surface area (Å²) >= 11 is 0. The number of nitrogens with one attached hydrogen (secondary N) is 2. The van der Waals surface area contributed by atoms with Crippen molar-refractivity contribution in [3.8, 4) is 5.75 Å². The van der Waals surface area contributed by atoms with Crippen molar-refractivity contribution in [2.24, 2.45) is 0 Å². The first-order valence-electron chi connectivity index (χ1n) is 13.5. The fourth-order valence-electron chi connectivity index (χ4n) is 6.21. The highest BCUT2D eigenvalue weighted by Crippen LogP contribution is 2.29. The van der Waals surface area contributed by atoms with Crippen LogP contribution >= 0.6 is 0 Å². The summed E-state index contributed by atoms with van der Waals surface area (Å²) in [6.45, 7) is 4.01. The highest BCUT2D eigenvalue weighted by Gasteiger charge is 2.40. The second-order valence-corrected chi connectivity index (χ2v) is 10.5. The van der Waals surface area contributed by atoms with Gasteiger partial charge in [0.05, 0.1) is 30.4 Å². The molecule has 4 atom stereocenters. The molecule has 2 N–H and O–H groups in total. The normalized spacial score (nSPS) is 30.4. The Morgan fingerprint density at radius 3 is 2.67 bits per heavy atom. The minimum atomic E-state index is -0.596. The Morgan fingerprint density at radius 1 is 1.06 bits per heavy atom. The molecule has 0 spiro atoms. The van der Waals surface area contributed by atoms with Crippen LogP contribution in [0.4, 0.5) is 0 Å². The number of carbonyl (C=O) groups is 3. The minimum absolute atomic E-state index is 0.0354. The van der Waals surface area contributed by atoms with Gasteiger partial charge in [-0.3, -0.25) is 19.3 Å². The largest absolute Gasteiger partial charge is 0.493 e. The van der Waals surface area contributed by atoms with E-state index in [1.54, 1.807) is 11.0 Å². The SMILES string of the molecule is CC(=O)N[C@@H]1CC[C@H]2CCOc3ccccc3C(=O)N3CCN(C4CCCC4)C[C@H]3C(=O)NC[C@H]1O2. The molecule has 0 unspecified atom stereocenters. The number of piperazine rings is 1. The molecular formula is C27H38N4O5. The van der Waals surface area contributed by atoms with Crippen LogP contribution in [-0.4, -0.2) is 90.6 Å². The van der Waals surface area contributed by atoms with Gasteiger partial charge in [0.1, 0.15) is 11.8 Å². The lowest BCUT2D eigenvalue weighted by Gasteiger charge is -2.43. The second kappa shape index (κ2) is 11.2. The molecule has 3 heterocycles. The van der Waals surface area contributed by atoms with E-state index in [0.29, 0.717) is 50.0 Å². The summed E-state index contributed by atoms with van der Waals surface area (Å²) in [6.07, 6.45) is 6.62. The molecule has 4 aliphatic rings. The molecule has 9 nitrogen and oxygen atoms in total. The number of hydrogen-bond donors (Lipinski definition) is 2. The van der Waals surface area contributed by atoms with Gasteiger partial charge in [0.25, 0.3) is 5.91 Å². The van der Waals surface area contributed by atoms with Crippen molar-refractivity contribution in [3.63, 3.8) is 0 Å². The lowest BCUT2D eigenvalue weighted by Crippen LogP contribution is -2.63. The van der Waals surface area contributed by atoms with Gasteiger partial charge in [0.2, 0.25) is 11.8 Å². The molecule has 1 aliphatic carbocycles. The van der Waals surface area contributed by atoms with Crippen LogP contribution in [0.15, 0.2) is 24.3 Å². The third-order valence-corrected chi connectivity index (χ3v) is 8.11. The molecule has 3 aliphatic heterocycles. The fraction of sp³-hybridized carbons (Fsp3) is 0.667. The first kappa shape index (κ1) is 25.0. The Labute approximate surface area is 212 Å². The van der Waals surface area contributed by atoms with Crippen LogP contribution in [0, 0.1) is 0 Å². The summed E-state index contributed by atoms with van der Waals surface area (Å²) in [5.74, 6) is 0.0969. The van der Waals surface area contributed by atoms with E-state index in [1.807, 2.05) is 18.2 Å². The maximum absolute atomic E-state index is 13.8. The summed E-state index contributed by atoms with van der Waals surface area (Å²) in [5.41, 5.74) is 0.495. The summed E-state index contributed by atoms with van der Waals surface area (Å²) in [5, 5.41) is 6.07.